The van der Waals surface area contributed by atoms with E-state index in [1.54, 1.807) is 0 Å². The maximum Gasteiger partial charge on any atom is 0.249 e. The van der Waals surface area contributed by atoms with Crippen LogP contribution < -0.4 is 5.32 Å². The van der Waals surface area contributed by atoms with Crippen LogP contribution in [0.1, 0.15) is 72.6 Å². The van der Waals surface area contributed by atoms with E-state index in [-0.39, 0.29) is 23.9 Å². The van der Waals surface area contributed by atoms with Gasteiger partial charge in [-0.15, -0.1) is 0 Å². The van der Waals surface area contributed by atoms with Crippen molar-refractivity contribution in [1.82, 2.24) is 10.2 Å². The van der Waals surface area contributed by atoms with Crippen molar-refractivity contribution in [2.45, 2.75) is 90.3 Å². The molecule has 0 bridgehead atoms. The summed E-state index contributed by atoms with van der Waals surface area (Å²) in [5.74, 6) is 0.629. The highest BCUT2D eigenvalue weighted by Crippen LogP contribution is 2.33. The summed E-state index contributed by atoms with van der Waals surface area (Å²) in [6.07, 6.45) is 7.18. The number of hydrogen-bond acceptors (Lipinski definition) is 2. The van der Waals surface area contributed by atoms with Gasteiger partial charge in [0, 0.05) is 6.04 Å². The van der Waals surface area contributed by atoms with Gasteiger partial charge in [0.2, 0.25) is 11.8 Å². The van der Waals surface area contributed by atoms with Gasteiger partial charge in [0.25, 0.3) is 0 Å². The lowest BCUT2D eigenvalue weighted by Crippen LogP contribution is -2.71. The highest BCUT2D eigenvalue weighted by atomic mass is 16.2. The van der Waals surface area contributed by atoms with Crippen LogP contribution in [-0.4, -0.2) is 34.3 Å². The quantitative estimate of drug-likeness (QED) is 0.814. The summed E-state index contributed by atoms with van der Waals surface area (Å²) in [6.45, 7) is 8.10. The zero-order valence-corrected chi connectivity index (χ0v) is 13.9. The zero-order valence-electron chi connectivity index (χ0n) is 13.9. The van der Waals surface area contributed by atoms with Crippen molar-refractivity contribution in [3.05, 3.63) is 0 Å². The molecule has 2 fully saturated rings. The summed E-state index contributed by atoms with van der Waals surface area (Å²) < 4.78 is 0. The molecule has 2 amide bonds. The van der Waals surface area contributed by atoms with Gasteiger partial charge in [-0.1, -0.05) is 40.0 Å². The summed E-state index contributed by atoms with van der Waals surface area (Å²) in [6, 6.07) is -0.118. The van der Waals surface area contributed by atoms with Gasteiger partial charge < -0.3 is 10.2 Å². The lowest BCUT2D eigenvalue weighted by molar-refractivity contribution is -0.159. The maximum atomic E-state index is 13.1. The summed E-state index contributed by atoms with van der Waals surface area (Å²) in [7, 11) is 0. The molecule has 3 unspecified atom stereocenters. The van der Waals surface area contributed by atoms with Crippen LogP contribution in [0.5, 0.6) is 0 Å². The maximum absolute atomic E-state index is 13.1. The molecule has 4 nitrogen and oxygen atoms in total. The Morgan fingerprint density at radius 1 is 1.10 bits per heavy atom. The van der Waals surface area contributed by atoms with Crippen LogP contribution in [0.25, 0.3) is 0 Å². The van der Waals surface area contributed by atoms with E-state index in [0.717, 1.165) is 12.8 Å². The van der Waals surface area contributed by atoms with Crippen molar-refractivity contribution in [2.24, 2.45) is 5.92 Å². The Kier molecular flexibility index (Phi) is 4.95. The second-order valence-electron chi connectivity index (χ2n) is 6.85. The first kappa shape index (κ1) is 16.3. The Labute approximate surface area is 128 Å². The van der Waals surface area contributed by atoms with Crippen LogP contribution in [0.3, 0.4) is 0 Å². The Balaban J connectivity index is 2.33. The number of rotatable bonds is 3. The number of amides is 2. The third-order valence-electron chi connectivity index (χ3n) is 5.68. The molecule has 1 saturated carbocycles. The largest absolute Gasteiger partial charge is 0.340 e. The monoisotopic (exact) mass is 294 g/mol. The fourth-order valence-corrected chi connectivity index (χ4v) is 4.00. The highest BCUT2D eigenvalue weighted by Gasteiger charge is 2.50. The molecule has 1 saturated heterocycles. The van der Waals surface area contributed by atoms with Gasteiger partial charge >= 0.3 is 0 Å². The summed E-state index contributed by atoms with van der Waals surface area (Å²) in [5.41, 5.74) is -0.685. The Morgan fingerprint density at radius 3 is 2.33 bits per heavy atom. The van der Waals surface area contributed by atoms with E-state index in [0.29, 0.717) is 18.8 Å². The number of carbonyl (C=O) groups is 2. The van der Waals surface area contributed by atoms with E-state index in [1.165, 1.54) is 19.3 Å². The minimum atomic E-state index is -0.685. The fraction of sp³-hybridized carbons (Fsp3) is 0.882. The first-order valence-corrected chi connectivity index (χ1v) is 8.61. The van der Waals surface area contributed by atoms with Gasteiger partial charge in [0.15, 0.2) is 0 Å². The number of carbonyl (C=O) groups excluding carboxylic acids is 2. The van der Waals surface area contributed by atoms with E-state index < -0.39 is 5.54 Å². The molecule has 1 heterocycles. The standard InChI is InChI=1S/C17H30N2O2/c1-5-17(6-2)16(21)19(13(4)15(20)18-17)14-11-9-7-8-10-12(14)3/h12-14H,5-11H2,1-4H3,(H,18,20). The van der Waals surface area contributed by atoms with Crippen LogP contribution in [-0.2, 0) is 9.59 Å². The van der Waals surface area contributed by atoms with Gasteiger partial charge in [-0.3, -0.25) is 9.59 Å². The summed E-state index contributed by atoms with van der Waals surface area (Å²) >= 11 is 0. The molecule has 0 radical (unpaired) electrons. The topological polar surface area (TPSA) is 49.4 Å². The molecule has 2 rings (SSSR count). The van der Waals surface area contributed by atoms with Gasteiger partial charge in [0.05, 0.1) is 0 Å². The van der Waals surface area contributed by atoms with E-state index in [9.17, 15) is 9.59 Å². The van der Waals surface area contributed by atoms with Gasteiger partial charge in [0.1, 0.15) is 11.6 Å². The SMILES string of the molecule is CCC1(CC)NC(=O)C(C)N(C2CCCCCC2C)C1=O. The third-order valence-corrected chi connectivity index (χ3v) is 5.68. The molecule has 1 N–H and O–H groups in total. The fourth-order valence-electron chi connectivity index (χ4n) is 4.00. The van der Waals surface area contributed by atoms with E-state index in [4.69, 9.17) is 0 Å². The van der Waals surface area contributed by atoms with Crippen LogP contribution in [0, 0.1) is 5.92 Å². The highest BCUT2D eigenvalue weighted by molar-refractivity contribution is 5.99. The molecular formula is C17H30N2O2. The normalized spacial score (nSPS) is 33.5. The number of hydrogen-bond donors (Lipinski definition) is 1. The van der Waals surface area contributed by atoms with Gasteiger partial charge in [-0.05, 0) is 38.5 Å². The van der Waals surface area contributed by atoms with E-state index >= 15 is 0 Å². The average Bonchev–Trinajstić information content (AvgIpc) is 2.69. The molecular weight excluding hydrogens is 264 g/mol. The molecule has 0 aromatic rings. The molecule has 0 aromatic heterocycles. The predicted molar refractivity (Wildman–Crippen MR) is 83.8 cm³/mol. The van der Waals surface area contributed by atoms with Crippen LogP contribution in [0.2, 0.25) is 0 Å². The molecule has 1 aliphatic heterocycles. The van der Waals surface area contributed by atoms with Crippen molar-refractivity contribution in [1.29, 1.82) is 0 Å². The average molecular weight is 294 g/mol. The molecule has 3 atom stereocenters. The minimum Gasteiger partial charge on any atom is -0.340 e. The van der Waals surface area contributed by atoms with Gasteiger partial charge in [-0.25, -0.2) is 0 Å². The Hall–Kier alpha value is -1.06. The molecule has 1 aliphatic carbocycles. The van der Waals surface area contributed by atoms with Crippen LogP contribution in [0.15, 0.2) is 0 Å². The predicted octanol–water partition coefficient (Wildman–Crippen LogP) is 2.86. The van der Waals surface area contributed by atoms with Crippen molar-refractivity contribution in [2.75, 3.05) is 0 Å². The second kappa shape index (κ2) is 6.37. The first-order valence-electron chi connectivity index (χ1n) is 8.61. The van der Waals surface area contributed by atoms with Gasteiger partial charge in [-0.2, -0.15) is 0 Å². The second-order valence-corrected chi connectivity index (χ2v) is 6.85. The number of nitrogens with one attached hydrogen (secondary N) is 1. The van der Waals surface area contributed by atoms with E-state index in [2.05, 4.69) is 12.2 Å². The summed E-state index contributed by atoms with van der Waals surface area (Å²) in [4.78, 5) is 27.5. The van der Waals surface area contributed by atoms with E-state index in [1.807, 2.05) is 25.7 Å². The zero-order chi connectivity index (χ0) is 15.6. The minimum absolute atomic E-state index is 0.00902. The Bertz CT molecular complexity index is 404. The first-order chi connectivity index (χ1) is 9.96. The van der Waals surface area contributed by atoms with Crippen LogP contribution >= 0.6 is 0 Å². The third kappa shape index (κ3) is 2.82. The number of nitrogens with zero attached hydrogens (tertiary/aromatic N) is 1. The molecule has 0 aromatic carbocycles. The molecule has 21 heavy (non-hydrogen) atoms. The lowest BCUT2D eigenvalue weighted by atomic mass is 9.84. The lowest BCUT2D eigenvalue weighted by Gasteiger charge is -2.49. The Morgan fingerprint density at radius 2 is 1.71 bits per heavy atom. The van der Waals surface area contributed by atoms with Crippen molar-refractivity contribution in [3.63, 3.8) is 0 Å². The van der Waals surface area contributed by atoms with Crippen molar-refractivity contribution >= 4 is 11.8 Å². The smallest absolute Gasteiger partial charge is 0.249 e. The van der Waals surface area contributed by atoms with Crippen molar-refractivity contribution in [3.8, 4) is 0 Å². The van der Waals surface area contributed by atoms with Crippen LogP contribution in [0.4, 0.5) is 0 Å². The number of piperazine rings is 1. The molecule has 0 spiro atoms. The molecule has 4 heteroatoms. The van der Waals surface area contributed by atoms with Crippen molar-refractivity contribution < 1.29 is 9.59 Å². The molecule has 2 aliphatic rings. The molecule has 120 valence electrons. The summed E-state index contributed by atoms with van der Waals surface area (Å²) in [5, 5.41) is 3.00.